The van der Waals surface area contributed by atoms with Gasteiger partial charge in [0.1, 0.15) is 6.04 Å². The molecule has 0 spiro atoms. The third-order valence-electron chi connectivity index (χ3n) is 3.87. The van der Waals surface area contributed by atoms with Crippen molar-refractivity contribution in [2.24, 2.45) is 5.73 Å². The molecule has 3 atom stereocenters. The molecular weight excluding hydrogens is 232 g/mol. The number of carbonyl (C=O) groups excluding carboxylic acids is 1. The number of ether oxygens (including phenoxy) is 2. The van der Waals surface area contributed by atoms with Gasteiger partial charge in [-0.25, -0.2) is 0 Å². The highest BCUT2D eigenvalue weighted by molar-refractivity contribution is 5.75. The molecule has 0 bridgehead atoms. The lowest BCUT2D eigenvalue weighted by Crippen LogP contribution is -2.56. The van der Waals surface area contributed by atoms with Gasteiger partial charge in [0.15, 0.2) is 0 Å². The summed E-state index contributed by atoms with van der Waals surface area (Å²) >= 11 is 0. The van der Waals surface area contributed by atoms with Crippen LogP contribution >= 0.6 is 0 Å². The molecule has 3 unspecified atom stereocenters. The summed E-state index contributed by atoms with van der Waals surface area (Å²) in [7, 11) is 0. The summed E-state index contributed by atoms with van der Waals surface area (Å²) in [6.07, 6.45) is 5.12. The van der Waals surface area contributed by atoms with E-state index in [0.29, 0.717) is 25.3 Å². The fraction of sp³-hybridized carbons (Fsp3) is 0.923. The Labute approximate surface area is 109 Å². The number of morpholine rings is 1. The van der Waals surface area contributed by atoms with Crippen LogP contribution in [0.15, 0.2) is 0 Å². The van der Waals surface area contributed by atoms with E-state index in [-0.39, 0.29) is 5.97 Å². The van der Waals surface area contributed by atoms with Gasteiger partial charge in [0.05, 0.1) is 19.3 Å². The van der Waals surface area contributed by atoms with Gasteiger partial charge >= 0.3 is 5.97 Å². The van der Waals surface area contributed by atoms with Gasteiger partial charge in [-0.05, 0) is 19.8 Å². The summed E-state index contributed by atoms with van der Waals surface area (Å²) in [5.41, 5.74) is 5.90. The zero-order valence-corrected chi connectivity index (χ0v) is 11.1. The Balaban J connectivity index is 1.88. The van der Waals surface area contributed by atoms with Crippen molar-refractivity contribution in [1.82, 2.24) is 4.90 Å². The zero-order valence-electron chi connectivity index (χ0n) is 11.1. The maximum Gasteiger partial charge on any atom is 0.324 e. The first-order valence-electron chi connectivity index (χ1n) is 7.00. The van der Waals surface area contributed by atoms with E-state index < -0.39 is 6.04 Å². The molecule has 2 rings (SSSR count). The number of fused-ring (bicyclic) bond motifs is 1. The largest absolute Gasteiger partial charge is 0.465 e. The number of hydrogen-bond donors (Lipinski definition) is 1. The molecular formula is C13H24N2O3. The van der Waals surface area contributed by atoms with Gasteiger partial charge in [-0.15, -0.1) is 0 Å². The number of hydrogen-bond acceptors (Lipinski definition) is 5. The number of nitrogens with zero attached hydrogens (tertiary/aromatic N) is 1. The average Bonchev–Trinajstić information content (AvgIpc) is 2.39. The highest BCUT2D eigenvalue weighted by Gasteiger charge is 2.35. The summed E-state index contributed by atoms with van der Waals surface area (Å²) in [6, 6.07) is -0.0985. The predicted molar refractivity (Wildman–Crippen MR) is 68.2 cm³/mol. The van der Waals surface area contributed by atoms with Crippen LogP contribution in [0.4, 0.5) is 0 Å². The predicted octanol–water partition coefficient (Wildman–Crippen LogP) is 0.520. The minimum atomic E-state index is -0.536. The van der Waals surface area contributed by atoms with Crippen LogP contribution in [0.5, 0.6) is 0 Å². The Morgan fingerprint density at radius 2 is 2.28 bits per heavy atom. The van der Waals surface area contributed by atoms with Gasteiger partial charge in [0.25, 0.3) is 0 Å². The molecule has 0 aromatic heterocycles. The molecule has 0 aromatic carbocycles. The topological polar surface area (TPSA) is 64.8 Å². The van der Waals surface area contributed by atoms with Crippen LogP contribution in [0.3, 0.4) is 0 Å². The first-order chi connectivity index (χ1) is 8.72. The molecule has 0 amide bonds. The monoisotopic (exact) mass is 256 g/mol. The second kappa shape index (κ2) is 6.50. The lowest BCUT2D eigenvalue weighted by Gasteiger charge is -2.44. The van der Waals surface area contributed by atoms with Gasteiger partial charge in [-0.1, -0.05) is 12.8 Å². The molecule has 2 N–H and O–H groups in total. The van der Waals surface area contributed by atoms with Gasteiger partial charge in [0.2, 0.25) is 0 Å². The van der Waals surface area contributed by atoms with Crippen LogP contribution in [0.1, 0.15) is 32.6 Å². The van der Waals surface area contributed by atoms with Crippen LogP contribution in [0, 0.1) is 0 Å². The standard InChI is InChI=1S/C13H24N2O3/c1-2-17-13(16)10(14)9-15-7-8-18-12-6-4-3-5-11(12)15/h10-12H,2-9,14H2,1H3. The minimum absolute atomic E-state index is 0.295. The molecule has 1 aliphatic heterocycles. The molecule has 1 saturated heterocycles. The molecule has 2 fully saturated rings. The molecule has 1 saturated carbocycles. The Hall–Kier alpha value is -0.650. The van der Waals surface area contributed by atoms with Crippen LogP contribution < -0.4 is 5.73 Å². The molecule has 0 aromatic rings. The Kier molecular flexibility index (Phi) is 4.97. The van der Waals surface area contributed by atoms with E-state index in [1.54, 1.807) is 6.92 Å². The maximum atomic E-state index is 11.6. The van der Waals surface area contributed by atoms with Crippen molar-refractivity contribution in [3.8, 4) is 0 Å². The fourth-order valence-corrected chi connectivity index (χ4v) is 2.98. The van der Waals surface area contributed by atoms with Crippen LogP contribution in [0.2, 0.25) is 0 Å². The van der Waals surface area contributed by atoms with E-state index in [0.717, 1.165) is 26.0 Å². The van der Waals surface area contributed by atoms with Crippen molar-refractivity contribution in [2.45, 2.75) is 50.8 Å². The molecule has 0 radical (unpaired) electrons. The first-order valence-corrected chi connectivity index (χ1v) is 7.00. The van der Waals surface area contributed by atoms with Crippen molar-refractivity contribution in [3.05, 3.63) is 0 Å². The molecule has 5 nitrogen and oxygen atoms in total. The second-order valence-corrected chi connectivity index (χ2v) is 5.11. The van der Waals surface area contributed by atoms with Crippen molar-refractivity contribution in [2.75, 3.05) is 26.3 Å². The first kappa shape index (κ1) is 13.8. The van der Waals surface area contributed by atoms with Crippen molar-refractivity contribution in [1.29, 1.82) is 0 Å². The Bertz CT molecular complexity index is 283. The number of rotatable bonds is 4. The summed E-state index contributed by atoms with van der Waals surface area (Å²) in [5.74, 6) is -0.295. The van der Waals surface area contributed by atoms with E-state index >= 15 is 0 Å². The summed E-state index contributed by atoms with van der Waals surface area (Å²) in [4.78, 5) is 13.9. The van der Waals surface area contributed by atoms with Gasteiger partial charge < -0.3 is 15.2 Å². The lowest BCUT2D eigenvalue weighted by atomic mass is 9.90. The zero-order chi connectivity index (χ0) is 13.0. The fourth-order valence-electron chi connectivity index (χ4n) is 2.98. The minimum Gasteiger partial charge on any atom is -0.465 e. The summed E-state index contributed by atoms with van der Waals surface area (Å²) in [5, 5.41) is 0. The van der Waals surface area contributed by atoms with E-state index in [9.17, 15) is 4.79 Å². The number of nitrogens with two attached hydrogens (primary N) is 1. The summed E-state index contributed by atoms with van der Waals surface area (Å²) in [6.45, 7) is 4.40. The van der Waals surface area contributed by atoms with Crippen molar-refractivity contribution < 1.29 is 14.3 Å². The van der Waals surface area contributed by atoms with E-state index in [4.69, 9.17) is 15.2 Å². The Morgan fingerprint density at radius 1 is 1.50 bits per heavy atom. The third kappa shape index (κ3) is 3.22. The second-order valence-electron chi connectivity index (χ2n) is 5.11. The highest BCUT2D eigenvalue weighted by atomic mass is 16.5. The average molecular weight is 256 g/mol. The van der Waals surface area contributed by atoms with E-state index in [2.05, 4.69) is 4.90 Å². The van der Waals surface area contributed by atoms with E-state index in [1.165, 1.54) is 12.8 Å². The number of esters is 1. The van der Waals surface area contributed by atoms with Crippen molar-refractivity contribution >= 4 is 5.97 Å². The van der Waals surface area contributed by atoms with Crippen LogP contribution in [0.25, 0.3) is 0 Å². The molecule has 18 heavy (non-hydrogen) atoms. The molecule has 1 aliphatic carbocycles. The highest BCUT2D eigenvalue weighted by Crippen LogP contribution is 2.28. The molecule has 104 valence electrons. The SMILES string of the molecule is CCOC(=O)C(N)CN1CCOC2CCCCC21. The van der Waals surface area contributed by atoms with Gasteiger partial charge in [-0.2, -0.15) is 0 Å². The van der Waals surface area contributed by atoms with Crippen LogP contribution in [-0.4, -0.2) is 55.4 Å². The maximum absolute atomic E-state index is 11.6. The smallest absolute Gasteiger partial charge is 0.324 e. The Morgan fingerprint density at radius 3 is 3.06 bits per heavy atom. The normalized spacial score (nSPS) is 30.6. The third-order valence-corrected chi connectivity index (χ3v) is 3.87. The number of carbonyl (C=O) groups is 1. The molecule has 5 heteroatoms. The van der Waals surface area contributed by atoms with E-state index in [1.807, 2.05) is 0 Å². The van der Waals surface area contributed by atoms with Gasteiger partial charge in [0, 0.05) is 19.1 Å². The lowest BCUT2D eigenvalue weighted by molar-refractivity contribution is -0.147. The summed E-state index contributed by atoms with van der Waals surface area (Å²) < 4.78 is 10.8. The van der Waals surface area contributed by atoms with Gasteiger partial charge in [-0.3, -0.25) is 9.69 Å². The quantitative estimate of drug-likeness (QED) is 0.743. The van der Waals surface area contributed by atoms with Crippen molar-refractivity contribution in [3.63, 3.8) is 0 Å². The molecule has 1 heterocycles. The van der Waals surface area contributed by atoms with Crippen LogP contribution in [-0.2, 0) is 14.3 Å². The molecule has 2 aliphatic rings.